The second-order valence-corrected chi connectivity index (χ2v) is 3.94. The first-order chi connectivity index (χ1) is 9.06. The number of rotatable bonds is 3. The van der Waals surface area contributed by atoms with Crippen molar-refractivity contribution in [2.24, 2.45) is 0 Å². The lowest BCUT2D eigenvalue weighted by molar-refractivity contribution is 0.0950. The average Bonchev–Trinajstić information content (AvgIpc) is 2.40. The summed E-state index contributed by atoms with van der Waals surface area (Å²) in [6, 6.07) is 8.56. The molecule has 2 nitrogen and oxygen atoms in total. The van der Waals surface area contributed by atoms with Crippen LogP contribution in [0.5, 0.6) is 0 Å². The first-order valence-corrected chi connectivity index (χ1v) is 5.54. The van der Waals surface area contributed by atoms with E-state index in [0.717, 1.165) is 18.2 Å². The van der Waals surface area contributed by atoms with Crippen molar-refractivity contribution in [3.63, 3.8) is 0 Å². The summed E-state index contributed by atoms with van der Waals surface area (Å²) < 4.78 is 38.6. The highest BCUT2D eigenvalue weighted by molar-refractivity contribution is 5.94. The van der Waals surface area contributed by atoms with Crippen LogP contribution in [-0.2, 0) is 6.54 Å². The largest absolute Gasteiger partial charge is 0.348 e. The Balaban J connectivity index is 2.02. The zero-order chi connectivity index (χ0) is 13.8. The lowest BCUT2D eigenvalue weighted by Gasteiger charge is -2.06. The molecule has 98 valence electrons. The van der Waals surface area contributed by atoms with Gasteiger partial charge in [-0.05, 0) is 35.9 Å². The summed E-state index contributed by atoms with van der Waals surface area (Å²) in [5.41, 5.74) is 0.589. The van der Waals surface area contributed by atoms with Crippen molar-refractivity contribution in [1.29, 1.82) is 0 Å². The highest BCUT2D eigenvalue weighted by Gasteiger charge is 2.07. The van der Waals surface area contributed by atoms with Gasteiger partial charge in [-0.2, -0.15) is 0 Å². The van der Waals surface area contributed by atoms with Crippen molar-refractivity contribution >= 4 is 5.91 Å². The smallest absolute Gasteiger partial charge is 0.251 e. The van der Waals surface area contributed by atoms with E-state index in [0.29, 0.717) is 5.56 Å². The number of carbonyl (C=O) groups excluding carboxylic acids is 1. The van der Waals surface area contributed by atoms with Crippen molar-refractivity contribution in [2.75, 3.05) is 0 Å². The maximum Gasteiger partial charge on any atom is 0.251 e. The van der Waals surface area contributed by atoms with Gasteiger partial charge in [0, 0.05) is 12.1 Å². The molecular formula is C14H10F3NO. The molecule has 0 unspecified atom stereocenters. The van der Waals surface area contributed by atoms with Gasteiger partial charge < -0.3 is 5.32 Å². The fourth-order valence-electron chi connectivity index (χ4n) is 1.56. The van der Waals surface area contributed by atoms with Crippen LogP contribution in [0.15, 0.2) is 42.5 Å². The summed E-state index contributed by atoms with van der Waals surface area (Å²) in [6.07, 6.45) is 0. The zero-order valence-electron chi connectivity index (χ0n) is 9.79. The molecule has 0 atom stereocenters. The normalized spacial score (nSPS) is 10.3. The molecular weight excluding hydrogens is 255 g/mol. The summed E-state index contributed by atoms with van der Waals surface area (Å²) in [5, 5.41) is 2.49. The van der Waals surface area contributed by atoms with Crippen LogP contribution in [0.3, 0.4) is 0 Å². The topological polar surface area (TPSA) is 29.1 Å². The third-order valence-electron chi connectivity index (χ3n) is 2.52. The van der Waals surface area contributed by atoms with Crippen molar-refractivity contribution in [1.82, 2.24) is 5.32 Å². The molecule has 0 fully saturated rings. The van der Waals surface area contributed by atoms with Crippen LogP contribution in [0.25, 0.3) is 0 Å². The van der Waals surface area contributed by atoms with Gasteiger partial charge in [0.05, 0.1) is 0 Å². The molecule has 0 saturated carbocycles. The van der Waals surface area contributed by atoms with Gasteiger partial charge in [0.15, 0.2) is 11.6 Å². The molecule has 0 spiro atoms. The van der Waals surface area contributed by atoms with Crippen molar-refractivity contribution in [3.8, 4) is 0 Å². The molecule has 0 aliphatic rings. The Hall–Kier alpha value is -2.30. The number of carbonyl (C=O) groups is 1. The summed E-state index contributed by atoms with van der Waals surface area (Å²) in [5.74, 6) is -2.91. The maximum absolute atomic E-state index is 12.9. The predicted molar refractivity (Wildman–Crippen MR) is 63.9 cm³/mol. The molecule has 1 amide bonds. The summed E-state index contributed by atoms with van der Waals surface area (Å²) >= 11 is 0. The van der Waals surface area contributed by atoms with Crippen LogP contribution in [0, 0.1) is 17.5 Å². The highest BCUT2D eigenvalue weighted by Crippen LogP contribution is 2.09. The fourth-order valence-corrected chi connectivity index (χ4v) is 1.56. The van der Waals surface area contributed by atoms with Gasteiger partial charge in [-0.25, -0.2) is 13.2 Å². The molecule has 0 radical (unpaired) electrons. The van der Waals surface area contributed by atoms with E-state index in [9.17, 15) is 18.0 Å². The minimum atomic E-state index is -0.975. The number of benzene rings is 2. The van der Waals surface area contributed by atoms with Crippen LogP contribution in [0.1, 0.15) is 15.9 Å². The van der Waals surface area contributed by atoms with E-state index in [1.54, 1.807) is 0 Å². The van der Waals surface area contributed by atoms with E-state index in [1.165, 1.54) is 24.3 Å². The first kappa shape index (κ1) is 13.1. The lowest BCUT2D eigenvalue weighted by Crippen LogP contribution is -2.22. The maximum atomic E-state index is 12.9. The number of hydrogen-bond donors (Lipinski definition) is 1. The molecule has 1 N–H and O–H groups in total. The number of halogens is 3. The molecule has 0 heterocycles. The quantitative estimate of drug-likeness (QED) is 0.908. The van der Waals surface area contributed by atoms with Gasteiger partial charge in [0.25, 0.3) is 5.91 Å². The van der Waals surface area contributed by atoms with Gasteiger partial charge in [0.1, 0.15) is 5.82 Å². The molecule has 0 aromatic heterocycles. The Morgan fingerprint density at radius 1 is 1.00 bits per heavy atom. The second-order valence-electron chi connectivity index (χ2n) is 3.94. The van der Waals surface area contributed by atoms with Gasteiger partial charge in [0.2, 0.25) is 0 Å². The Labute approximate surface area is 107 Å². The fraction of sp³-hybridized carbons (Fsp3) is 0.0714. The lowest BCUT2D eigenvalue weighted by atomic mass is 10.2. The molecule has 2 aromatic carbocycles. The van der Waals surface area contributed by atoms with E-state index in [2.05, 4.69) is 5.32 Å². The van der Waals surface area contributed by atoms with Crippen LogP contribution in [0.4, 0.5) is 13.2 Å². The third-order valence-corrected chi connectivity index (χ3v) is 2.52. The van der Waals surface area contributed by atoms with Crippen LogP contribution >= 0.6 is 0 Å². The molecule has 2 aromatic rings. The number of hydrogen-bond acceptors (Lipinski definition) is 1. The molecule has 19 heavy (non-hydrogen) atoms. The molecule has 2 rings (SSSR count). The van der Waals surface area contributed by atoms with E-state index in [1.807, 2.05) is 0 Å². The monoisotopic (exact) mass is 265 g/mol. The molecule has 0 saturated heterocycles. The zero-order valence-corrected chi connectivity index (χ0v) is 9.79. The number of nitrogens with one attached hydrogen (secondary N) is 1. The van der Waals surface area contributed by atoms with Crippen molar-refractivity contribution < 1.29 is 18.0 Å². The van der Waals surface area contributed by atoms with E-state index < -0.39 is 23.4 Å². The minimum Gasteiger partial charge on any atom is -0.348 e. The third kappa shape index (κ3) is 3.34. The van der Waals surface area contributed by atoms with Gasteiger partial charge in [-0.1, -0.05) is 12.1 Å². The summed E-state index contributed by atoms with van der Waals surface area (Å²) in [4.78, 5) is 11.7. The van der Waals surface area contributed by atoms with E-state index in [-0.39, 0.29) is 12.1 Å². The molecule has 5 heteroatoms. The van der Waals surface area contributed by atoms with E-state index in [4.69, 9.17) is 0 Å². The summed E-state index contributed by atoms with van der Waals surface area (Å²) in [7, 11) is 0. The van der Waals surface area contributed by atoms with Crippen molar-refractivity contribution in [3.05, 3.63) is 71.0 Å². The number of amides is 1. The average molecular weight is 265 g/mol. The molecule has 0 bridgehead atoms. The standard InChI is InChI=1S/C14H10F3NO/c15-11-3-1-2-10(7-11)14(19)18-8-9-4-5-12(16)13(17)6-9/h1-7H,8H2,(H,18,19). The van der Waals surface area contributed by atoms with E-state index >= 15 is 0 Å². The van der Waals surface area contributed by atoms with Crippen LogP contribution in [-0.4, -0.2) is 5.91 Å². The van der Waals surface area contributed by atoms with Gasteiger partial charge in [-0.15, -0.1) is 0 Å². The predicted octanol–water partition coefficient (Wildman–Crippen LogP) is 3.03. The van der Waals surface area contributed by atoms with Gasteiger partial charge in [-0.3, -0.25) is 4.79 Å². The Bertz CT molecular complexity index is 613. The Morgan fingerprint density at radius 2 is 1.79 bits per heavy atom. The first-order valence-electron chi connectivity index (χ1n) is 5.54. The van der Waals surface area contributed by atoms with Crippen LogP contribution < -0.4 is 5.32 Å². The van der Waals surface area contributed by atoms with Gasteiger partial charge >= 0.3 is 0 Å². The highest BCUT2D eigenvalue weighted by atomic mass is 19.2. The summed E-state index contributed by atoms with van der Waals surface area (Å²) in [6.45, 7) is 0.0343. The van der Waals surface area contributed by atoms with Crippen molar-refractivity contribution in [2.45, 2.75) is 6.54 Å². The van der Waals surface area contributed by atoms with Crippen LogP contribution in [0.2, 0.25) is 0 Å². The molecule has 0 aliphatic carbocycles. The minimum absolute atomic E-state index is 0.0343. The molecule has 0 aliphatic heterocycles. The second kappa shape index (κ2) is 5.56. The SMILES string of the molecule is O=C(NCc1ccc(F)c(F)c1)c1cccc(F)c1. The Morgan fingerprint density at radius 3 is 2.47 bits per heavy atom. The Kier molecular flexibility index (Phi) is 3.85.